The number of nitrogens with zero attached hydrogens (tertiary/aromatic N) is 5. The van der Waals surface area contributed by atoms with Gasteiger partial charge in [-0.3, -0.25) is 4.90 Å². The molecule has 1 aliphatic carbocycles. The summed E-state index contributed by atoms with van der Waals surface area (Å²) in [6.45, 7) is 4.34. The number of likely N-dealkylation sites (tertiary alicyclic amines) is 1. The smallest absolute Gasteiger partial charge is 0.335 e. The lowest BCUT2D eigenvalue weighted by Crippen LogP contribution is -2.37. The van der Waals surface area contributed by atoms with Crippen molar-refractivity contribution in [3.05, 3.63) is 82.8 Å². The van der Waals surface area contributed by atoms with Crippen LogP contribution in [0.15, 0.2) is 54.6 Å². The monoisotopic (exact) mass is 579 g/mol. The molecule has 7 rings (SSSR count). The molecule has 43 heavy (non-hydrogen) atoms. The van der Waals surface area contributed by atoms with E-state index < -0.39 is 5.97 Å². The molecule has 3 fully saturated rings. The van der Waals surface area contributed by atoms with E-state index in [0.29, 0.717) is 42.8 Å². The first-order valence-corrected chi connectivity index (χ1v) is 14.7. The third-order valence-electron chi connectivity index (χ3n) is 9.23. The van der Waals surface area contributed by atoms with Gasteiger partial charge < -0.3 is 23.9 Å². The highest BCUT2D eigenvalue weighted by Gasteiger charge is 2.58. The summed E-state index contributed by atoms with van der Waals surface area (Å²) in [5, 5.41) is 18.7. The highest BCUT2D eigenvalue weighted by molar-refractivity contribution is 5.92. The van der Waals surface area contributed by atoms with Gasteiger partial charge in [-0.1, -0.05) is 12.1 Å². The lowest BCUT2D eigenvalue weighted by atomic mass is 9.91. The maximum atomic E-state index is 11.6. The Hall–Kier alpha value is -4.46. The average Bonchev–Trinajstić information content (AvgIpc) is 3.65. The number of aromatic nitrogens is 3. The van der Waals surface area contributed by atoms with Crippen LogP contribution in [0.2, 0.25) is 0 Å². The van der Waals surface area contributed by atoms with Gasteiger partial charge in [0.15, 0.2) is 0 Å². The second kappa shape index (κ2) is 11.0. The molecule has 0 spiro atoms. The zero-order chi connectivity index (χ0) is 29.6. The van der Waals surface area contributed by atoms with Gasteiger partial charge in [-0.15, -0.1) is 0 Å². The molecule has 3 aliphatic rings. The standard InChI is InChI=1S/C33H33N5O5/c1-41-28-13-21(16-34)5-6-23(28)20-43-31-4-2-3-29(36-31)33-10-11-37(17-24(33)15-33)19-30-35-26-8-7-22(32(39)40)14-27(26)38(30)18-25-9-12-42-25/h2-8,13-14,24-25H,9-12,15,17-20H2,1H3,(H,39,40)/t24?,25-,33?/m0/s1. The largest absolute Gasteiger partial charge is 0.496 e. The number of carboxylic acids is 1. The molecule has 0 bridgehead atoms. The molecule has 2 aliphatic heterocycles. The molecule has 1 N–H and O–H groups in total. The molecule has 2 aromatic carbocycles. The second-order valence-corrected chi connectivity index (χ2v) is 11.8. The minimum atomic E-state index is -0.936. The third kappa shape index (κ3) is 5.19. The number of aromatic carboxylic acids is 1. The number of methoxy groups -OCH3 is 1. The molecule has 2 unspecified atom stereocenters. The van der Waals surface area contributed by atoms with E-state index >= 15 is 0 Å². The van der Waals surface area contributed by atoms with Crippen molar-refractivity contribution in [2.45, 2.75) is 50.5 Å². The lowest BCUT2D eigenvalue weighted by molar-refractivity contribution is -0.0592. The number of carboxylic acid groups (broad SMARTS) is 1. The maximum Gasteiger partial charge on any atom is 0.335 e. The van der Waals surface area contributed by atoms with Crippen LogP contribution in [-0.2, 0) is 29.8 Å². The number of hydrogen-bond acceptors (Lipinski definition) is 8. The molecule has 3 atom stereocenters. The zero-order valence-electron chi connectivity index (χ0n) is 24.0. The number of benzene rings is 2. The average molecular weight is 580 g/mol. The van der Waals surface area contributed by atoms with Crippen molar-refractivity contribution in [3.8, 4) is 17.7 Å². The first-order chi connectivity index (χ1) is 21.0. The predicted octanol–water partition coefficient (Wildman–Crippen LogP) is 4.54. The number of hydrogen-bond donors (Lipinski definition) is 1. The number of fused-ring (bicyclic) bond motifs is 2. The van der Waals surface area contributed by atoms with Gasteiger partial charge in [0.05, 0.1) is 60.2 Å². The highest BCUT2D eigenvalue weighted by Crippen LogP contribution is 2.59. The summed E-state index contributed by atoms with van der Waals surface area (Å²) in [7, 11) is 1.59. The van der Waals surface area contributed by atoms with Crippen molar-refractivity contribution in [1.29, 1.82) is 5.26 Å². The minimum absolute atomic E-state index is 0.0678. The van der Waals surface area contributed by atoms with Gasteiger partial charge in [-0.25, -0.2) is 14.8 Å². The van der Waals surface area contributed by atoms with Crippen LogP contribution in [0, 0.1) is 17.2 Å². The summed E-state index contributed by atoms with van der Waals surface area (Å²) in [4.78, 5) is 24.0. The van der Waals surface area contributed by atoms with Crippen molar-refractivity contribution in [1.82, 2.24) is 19.4 Å². The number of carbonyl (C=O) groups is 1. The van der Waals surface area contributed by atoms with E-state index in [1.807, 2.05) is 18.2 Å². The van der Waals surface area contributed by atoms with Crippen molar-refractivity contribution >= 4 is 17.0 Å². The van der Waals surface area contributed by atoms with Gasteiger partial charge in [0.2, 0.25) is 5.88 Å². The summed E-state index contributed by atoms with van der Waals surface area (Å²) in [6, 6.07) is 18.6. The van der Waals surface area contributed by atoms with Crippen LogP contribution in [0.5, 0.6) is 11.6 Å². The number of nitriles is 1. The Balaban J connectivity index is 1.04. The molecule has 0 amide bonds. The van der Waals surface area contributed by atoms with E-state index in [1.54, 1.807) is 37.4 Å². The first-order valence-electron chi connectivity index (χ1n) is 14.7. The Morgan fingerprint density at radius 1 is 1.21 bits per heavy atom. The molecule has 2 saturated heterocycles. The first kappa shape index (κ1) is 27.4. The van der Waals surface area contributed by atoms with E-state index in [1.165, 1.54) is 0 Å². The van der Waals surface area contributed by atoms with E-state index in [9.17, 15) is 9.90 Å². The fourth-order valence-electron chi connectivity index (χ4n) is 6.59. The van der Waals surface area contributed by atoms with Crippen LogP contribution in [0.1, 0.15) is 52.3 Å². The van der Waals surface area contributed by atoms with Gasteiger partial charge in [0, 0.05) is 30.2 Å². The van der Waals surface area contributed by atoms with E-state index in [0.717, 1.165) is 67.1 Å². The molecule has 2 aromatic heterocycles. The lowest BCUT2D eigenvalue weighted by Gasteiger charge is -2.32. The summed E-state index contributed by atoms with van der Waals surface area (Å²) < 4.78 is 19.4. The minimum Gasteiger partial charge on any atom is -0.496 e. The molecule has 1 saturated carbocycles. The molecule has 4 heterocycles. The van der Waals surface area contributed by atoms with E-state index in [-0.39, 0.29) is 17.1 Å². The van der Waals surface area contributed by atoms with Crippen molar-refractivity contribution in [2.24, 2.45) is 5.92 Å². The number of piperidine rings is 1. The summed E-state index contributed by atoms with van der Waals surface area (Å²) in [6.07, 6.45) is 3.24. The van der Waals surface area contributed by atoms with Crippen LogP contribution in [0.4, 0.5) is 0 Å². The Morgan fingerprint density at radius 3 is 2.84 bits per heavy atom. The van der Waals surface area contributed by atoms with E-state index in [4.69, 9.17) is 29.4 Å². The fourth-order valence-corrected chi connectivity index (χ4v) is 6.59. The van der Waals surface area contributed by atoms with Crippen LogP contribution < -0.4 is 9.47 Å². The summed E-state index contributed by atoms with van der Waals surface area (Å²) >= 11 is 0. The van der Waals surface area contributed by atoms with E-state index in [2.05, 4.69) is 21.6 Å². The fraction of sp³-hybridized carbons (Fsp3) is 0.394. The van der Waals surface area contributed by atoms with Gasteiger partial charge in [0.25, 0.3) is 0 Å². The zero-order valence-corrected chi connectivity index (χ0v) is 24.0. The Kier molecular flexibility index (Phi) is 7.00. The SMILES string of the molecule is COc1cc(C#N)ccc1COc1cccc(C23CCN(Cc4nc5ccc(C(=O)O)cc5n4C[C@@H]4CCO4)CC2C3)n1. The maximum absolute atomic E-state index is 11.6. The Morgan fingerprint density at radius 2 is 2.09 bits per heavy atom. The molecular formula is C33H33N5O5. The highest BCUT2D eigenvalue weighted by atomic mass is 16.5. The van der Waals surface area contributed by atoms with Crippen LogP contribution in [0.3, 0.4) is 0 Å². The molecular weight excluding hydrogens is 546 g/mol. The van der Waals surface area contributed by atoms with Gasteiger partial charge >= 0.3 is 5.97 Å². The van der Waals surface area contributed by atoms with Crippen molar-refractivity contribution in [2.75, 3.05) is 26.8 Å². The summed E-state index contributed by atoms with van der Waals surface area (Å²) in [5.41, 5.74) is 4.49. The molecule has 220 valence electrons. The van der Waals surface area contributed by atoms with Crippen LogP contribution >= 0.6 is 0 Å². The molecule has 10 heteroatoms. The number of imidazole rings is 1. The Bertz CT molecular complexity index is 1740. The predicted molar refractivity (Wildman–Crippen MR) is 157 cm³/mol. The van der Waals surface area contributed by atoms with Gasteiger partial charge in [-0.05, 0) is 68.1 Å². The van der Waals surface area contributed by atoms with Crippen molar-refractivity contribution in [3.63, 3.8) is 0 Å². The normalized spacial score (nSPS) is 22.8. The molecule has 4 aromatic rings. The third-order valence-corrected chi connectivity index (χ3v) is 9.23. The van der Waals surface area contributed by atoms with Crippen molar-refractivity contribution < 1.29 is 24.1 Å². The molecule has 0 radical (unpaired) electrons. The molecule has 10 nitrogen and oxygen atoms in total. The van der Waals surface area contributed by atoms with Gasteiger partial charge in [-0.2, -0.15) is 5.26 Å². The summed E-state index contributed by atoms with van der Waals surface area (Å²) in [5.74, 6) is 1.73. The quantitative estimate of drug-likeness (QED) is 0.288. The number of pyridine rings is 1. The number of rotatable bonds is 10. The van der Waals surface area contributed by atoms with Crippen LogP contribution in [-0.4, -0.2) is 63.4 Å². The van der Waals surface area contributed by atoms with Crippen LogP contribution in [0.25, 0.3) is 11.0 Å². The Labute approximate surface area is 249 Å². The number of ether oxygens (including phenoxy) is 3. The topological polar surface area (TPSA) is 123 Å². The second-order valence-electron chi connectivity index (χ2n) is 11.8. The van der Waals surface area contributed by atoms with Gasteiger partial charge in [0.1, 0.15) is 18.2 Å².